The molecule has 1 N–H and O–H groups in total. The van der Waals surface area contributed by atoms with Gasteiger partial charge in [-0.2, -0.15) is 0 Å². The molecule has 0 fully saturated rings. The van der Waals surface area contributed by atoms with Gasteiger partial charge in [0.1, 0.15) is 5.82 Å². The number of carbonyl (C=O) groups is 2. The van der Waals surface area contributed by atoms with Crippen molar-refractivity contribution < 1.29 is 14.0 Å². The first kappa shape index (κ1) is 20.3. The highest BCUT2D eigenvalue weighted by atomic mass is 32.2. The number of Topliss-reactive ketones (excluding diaryl/α,β-unsaturated/α-hetero) is 1. The van der Waals surface area contributed by atoms with Crippen LogP contribution in [0, 0.1) is 12.7 Å². The lowest BCUT2D eigenvalue weighted by atomic mass is 10.1. The summed E-state index contributed by atoms with van der Waals surface area (Å²) < 4.78 is 14.7. The second-order valence-corrected chi connectivity index (χ2v) is 8.95. The van der Waals surface area contributed by atoms with Crippen molar-refractivity contribution in [2.24, 2.45) is 0 Å². The zero-order valence-corrected chi connectivity index (χ0v) is 17.6. The number of ketones is 1. The van der Waals surface area contributed by atoms with Crippen LogP contribution in [0.15, 0.2) is 71.1 Å². The molecule has 0 saturated heterocycles. The molecule has 0 spiro atoms. The zero-order valence-electron chi connectivity index (χ0n) is 16.0. The van der Waals surface area contributed by atoms with E-state index in [0.29, 0.717) is 16.8 Å². The number of halogens is 1. The zero-order chi connectivity index (χ0) is 21.1. The molecule has 4 aromatic rings. The predicted molar refractivity (Wildman–Crippen MR) is 120 cm³/mol. The van der Waals surface area contributed by atoms with Crippen LogP contribution in [0.25, 0.3) is 10.2 Å². The van der Waals surface area contributed by atoms with E-state index >= 15 is 0 Å². The Morgan fingerprint density at radius 1 is 1.00 bits per heavy atom. The molecule has 4 rings (SSSR count). The molecule has 0 aliphatic carbocycles. The maximum Gasteiger partial charge on any atom is 0.255 e. The molecule has 30 heavy (non-hydrogen) atoms. The number of thioether (sulfide) groups is 1. The molecule has 0 atom stereocenters. The minimum Gasteiger partial charge on any atom is -0.322 e. The van der Waals surface area contributed by atoms with E-state index in [1.165, 1.54) is 47.4 Å². The molecule has 1 heterocycles. The molecule has 1 amide bonds. The number of hydrogen-bond acceptors (Lipinski definition) is 5. The summed E-state index contributed by atoms with van der Waals surface area (Å²) >= 11 is 2.81. The maximum atomic E-state index is 13.0. The number of nitrogens with zero attached hydrogens (tertiary/aromatic N) is 1. The van der Waals surface area contributed by atoms with E-state index in [1.807, 2.05) is 37.3 Å². The maximum absolute atomic E-state index is 13.0. The average molecular weight is 437 g/mol. The molecule has 0 bridgehead atoms. The molecule has 0 aliphatic heterocycles. The van der Waals surface area contributed by atoms with Gasteiger partial charge in [-0.3, -0.25) is 9.59 Å². The lowest BCUT2D eigenvalue weighted by Gasteiger charge is -2.05. The van der Waals surface area contributed by atoms with Crippen LogP contribution in [0.1, 0.15) is 26.3 Å². The topological polar surface area (TPSA) is 59.1 Å². The number of amides is 1. The first-order valence-electron chi connectivity index (χ1n) is 9.18. The number of fused-ring (bicyclic) bond motifs is 1. The van der Waals surface area contributed by atoms with Crippen molar-refractivity contribution in [1.29, 1.82) is 0 Å². The van der Waals surface area contributed by atoms with Gasteiger partial charge in [-0.05, 0) is 61.5 Å². The SMILES string of the molecule is Cc1ccc(C(=O)Nc2ccc3nc(SCC(=O)c4ccc(F)cc4)sc3c2)cc1. The number of benzene rings is 3. The highest BCUT2D eigenvalue weighted by Gasteiger charge is 2.12. The molecule has 0 aliphatic rings. The van der Waals surface area contributed by atoms with Crippen molar-refractivity contribution >= 4 is 50.7 Å². The summed E-state index contributed by atoms with van der Waals surface area (Å²) in [6, 6.07) is 18.5. The molecule has 3 aromatic carbocycles. The fraction of sp³-hybridized carbons (Fsp3) is 0.0870. The summed E-state index contributed by atoms with van der Waals surface area (Å²) in [7, 11) is 0. The molecule has 1 aromatic heterocycles. The molecule has 0 saturated carbocycles. The summed E-state index contributed by atoms with van der Waals surface area (Å²) in [6.07, 6.45) is 0. The summed E-state index contributed by atoms with van der Waals surface area (Å²) in [5, 5.41) is 2.90. The minimum atomic E-state index is -0.365. The average Bonchev–Trinajstić information content (AvgIpc) is 3.15. The Morgan fingerprint density at radius 2 is 1.70 bits per heavy atom. The Morgan fingerprint density at radius 3 is 2.43 bits per heavy atom. The van der Waals surface area contributed by atoms with Crippen LogP contribution in [0.2, 0.25) is 0 Å². The number of anilines is 1. The number of hydrogen-bond donors (Lipinski definition) is 1. The van der Waals surface area contributed by atoms with E-state index < -0.39 is 0 Å². The van der Waals surface area contributed by atoms with Gasteiger partial charge in [0, 0.05) is 16.8 Å². The van der Waals surface area contributed by atoms with Crippen molar-refractivity contribution in [3.05, 3.63) is 89.2 Å². The van der Waals surface area contributed by atoms with Crippen LogP contribution < -0.4 is 5.32 Å². The van der Waals surface area contributed by atoms with Crippen molar-refractivity contribution in [2.75, 3.05) is 11.1 Å². The fourth-order valence-electron chi connectivity index (χ4n) is 2.80. The Kier molecular flexibility index (Phi) is 5.92. The lowest BCUT2D eigenvalue weighted by molar-refractivity contribution is 0.101. The highest BCUT2D eigenvalue weighted by Crippen LogP contribution is 2.31. The van der Waals surface area contributed by atoms with Crippen LogP contribution >= 0.6 is 23.1 Å². The van der Waals surface area contributed by atoms with Crippen molar-refractivity contribution in [3.8, 4) is 0 Å². The van der Waals surface area contributed by atoms with Crippen molar-refractivity contribution in [3.63, 3.8) is 0 Å². The summed E-state index contributed by atoms with van der Waals surface area (Å²) in [6.45, 7) is 1.97. The van der Waals surface area contributed by atoms with Crippen LogP contribution in [0.3, 0.4) is 0 Å². The van der Waals surface area contributed by atoms with Gasteiger partial charge in [-0.25, -0.2) is 9.37 Å². The molecule has 0 unspecified atom stereocenters. The van der Waals surface area contributed by atoms with Gasteiger partial charge in [-0.1, -0.05) is 29.5 Å². The predicted octanol–water partition coefficient (Wildman–Crippen LogP) is 5.97. The van der Waals surface area contributed by atoms with E-state index in [-0.39, 0.29) is 23.3 Å². The van der Waals surface area contributed by atoms with E-state index in [2.05, 4.69) is 10.3 Å². The van der Waals surface area contributed by atoms with Gasteiger partial charge in [0.25, 0.3) is 5.91 Å². The van der Waals surface area contributed by atoms with Crippen LogP contribution in [0.5, 0.6) is 0 Å². The third-order valence-electron chi connectivity index (χ3n) is 4.43. The molecule has 7 heteroatoms. The van der Waals surface area contributed by atoms with Crippen LogP contribution in [-0.4, -0.2) is 22.4 Å². The van der Waals surface area contributed by atoms with Crippen molar-refractivity contribution in [2.45, 2.75) is 11.3 Å². The van der Waals surface area contributed by atoms with Gasteiger partial charge < -0.3 is 5.32 Å². The summed E-state index contributed by atoms with van der Waals surface area (Å²) in [5.41, 5.74) is 3.67. The molecular formula is C23H17FN2O2S2. The normalized spacial score (nSPS) is 10.9. The number of aryl methyl sites for hydroxylation is 1. The monoisotopic (exact) mass is 436 g/mol. The quantitative estimate of drug-likeness (QED) is 0.299. The van der Waals surface area contributed by atoms with Gasteiger partial charge in [0.2, 0.25) is 0 Å². The van der Waals surface area contributed by atoms with Gasteiger partial charge in [0.15, 0.2) is 10.1 Å². The Bertz CT molecular complexity index is 1220. The Balaban J connectivity index is 1.43. The minimum absolute atomic E-state index is 0.0784. The highest BCUT2D eigenvalue weighted by molar-refractivity contribution is 8.01. The largest absolute Gasteiger partial charge is 0.322 e. The lowest BCUT2D eigenvalue weighted by Crippen LogP contribution is -2.11. The van der Waals surface area contributed by atoms with Crippen molar-refractivity contribution in [1.82, 2.24) is 4.98 Å². The Hall–Kier alpha value is -3.03. The number of nitrogens with one attached hydrogen (secondary N) is 1. The Labute approximate surface area is 181 Å². The number of rotatable bonds is 6. The number of thiazole rings is 1. The van der Waals surface area contributed by atoms with Gasteiger partial charge in [0.05, 0.1) is 16.0 Å². The fourth-order valence-corrected chi connectivity index (χ4v) is 4.80. The molecular weight excluding hydrogens is 419 g/mol. The molecule has 4 nitrogen and oxygen atoms in total. The first-order chi connectivity index (χ1) is 14.5. The third-order valence-corrected chi connectivity index (χ3v) is 6.59. The third kappa shape index (κ3) is 4.75. The summed E-state index contributed by atoms with van der Waals surface area (Å²) in [4.78, 5) is 29.2. The molecule has 150 valence electrons. The smallest absolute Gasteiger partial charge is 0.255 e. The first-order valence-corrected chi connectivity index (χ1v) is 11.0. The van der Waals surface area contributed by atoms with E-state index in [0.717, 1.165) is 20.1 Å². The van der Waals surface area contributed by atoms with Gasteiger partial charge in [-0.15, -0.1) is 11.3 Å². The number of carbonyl (C=O) groups excluding carboxylic acids is 2. The van der Waals surface area contributed by atoms with E-state index in [9.17, 15) is 14.0 Å². The standard InChI is InChI=1S/C23H17FN2O2S2/c1-14-2-4-16(5-3-14)22(28)25-18-10-11-19-21(12-18)30-23(26-19)29-13-20(27)15-6-8-17(24)9-7-15/h2-12H,13H2,1H3,(H,25,28). The number of aromatic nitrogens is 1. The van der Waals surface area contributed by atoms with Crippen LogP contribution in [-0.2, 0) is 0 Å². The second-order valence-electron chi connectivity index (χ2n) is 6.70. The van der Waals surface area contributed by atoms with Crippen LogP contribution in [0.4, 0.5) is 10.1 Å². The second kappa shape index (κ2) is 8.77. The van der Waals surface area contributed by atoms with E-state index in [4.69, 9.17) is 0 Å². The van der Waals surface area contributed by atoms with E-state index in [1.54, 1.807) is 12.1 Å². The van der Waals surface area contributed by atoms with Gasteiger partial charge >= 0.3 is 0 Å². The summed E-state index contributed by atoms with van der Waals surface area (Å²) in [5.74, 6) is -0.387. The molecule has 0 radical (unpaired) electrons.